The minimum atomic E-state index is -1.20. The van der Waals surface area contributed by atoms with E-state index in [1.54, 1.807) is 0 Å². The van der Waals surface area contributed by atoms with Gasteiger partial charge in [0.1, 0.15) is 18.1 Å². The van der Waals surface area contributed by atoms with E-state index < -0.39 is 47.9 Å². The van der Waals surface area contributed by atoms with Crippen molar-refractivity contribution in [1.29, 1.82) is 5.41 Å². The van der Waals surface area contributed by atoms with Gasteiger partial charge in [0.25, 0.3) is 0 Å². The molecule has 0 radical (unpaired) electrons. The molecule has 0 heterocycles. The van der Waals surface area contributed by atoms with E-state index in [1.165, 1.54) is 0 Å². The Hall–Kier alpha value is -2.62. The summed E-state index contributed by atoms with van der Waals surface area (Å²) in [4.78, 5) is 50.0. The summed E-state index contributed by atoms with van der Waals surface area (Å²) in [5.41, 5.74) is 22.0. The number of guanidine groups is 1. The Bertz CT molecular complexity index is 713. The minimum Gasteiger partial charge on any atom is -0.480 e. The van der Waals surface area contributed by atoms with Crippen molar-refractivity contribution >= 4 is 42.3 Å². The Morgan fingerprint density at radius 1 is 0.778 bits per heavy atom. The number of rotatable bonds is 20. The molecule has 0 unspecified atom stereocenters. The fourth-order valence-corrected chi connectivity index (χ4v) is 3.38. The molecule has 0 spiro atoms. The molecule has 14 nitrogen and oxygen atoms in total. The zero-order valence-corrected chi connectivity index (χ0v) is 21.5. The second kappa shape index (κ2) is 19.6. The SMILES string of the molecule is N=C(N)NCCC[C@H](NC(=O)[C@H](CCCCN)NC(=O)[C@@H](N)CS)C(=O)N[C@@H](CCCCN)C(=O)O. The van der Waals surface area contributed by atoms with Gasteiger partial charge >= 0.3 is 5.97 Å². The lowest BCUT2D eigenvalue weighted by atomic mass is 10.0. The third kappa shape index (κ3) is 14.7. The van der Waals surface area contributed by atoms with E-state index in [9.17, 15) is 24.3 Å². The summed E-state index contributed by atoms with van der Waals surface area (Å²) in [5.74, 6) is -3.20. The van der Waals surface area contributed by atoms with Crippen molar-refractivity contribution < 1.29 is 24.3 Å². The van der Waals surface area contributed by atoms with E-state index in [4.69, 9.17) is 28.3 Å². The van der Waals surface area contributed by atoms with Crippen molar-refractivity contribution in [3.63, 3.8) is 0 Å². The highest BCUT2D eigenvalue weighted by atomic mass is 32.1. The van der Waals surface area contributed by atoms with E-state index in [1.807, 2.05) is 0 Å². The lowest BCUT2D eigenvalue weighted by molar-refractivity contribution is -0.142. The van der Waals surface area contributed by atoms with E-state index in [0.29, 0.717) is 45.2 Å². The molecule has 0 rings (SSSR count). The molecule has 0 aromatic rings. The smallest absolute Gasteiger partial charge is 0.326 e. The van der Waals surface area contributed by atoms with E-state index in [-0.39, 0.29) is 37.5 Å². The normalized spacial score (nSPS) is 14.1. The molecular weight excluding hydrogens is 490 g/mol. The highest BCUT2D eigenvalue weighted by molar-refractivity contribution is 7.80. The van der Waals surface area contributed by atoms with Crippen LogP contribution < -0.4 is 44.2 Å². The van der Waals surface area contributed by atoms with E-state index in [2.05, 4.69) is 33.9 Å². The number of carbonyl (C=O) groups excluding carboxylic acids is 3. The number of carboxylic acids is 1. The summed E-state index contributed by atoms with van der Waals surface area (Å²) in [6.07, 6.45) is 3.22. The molecule has 14 N–H and O–H groups in total. The fourth-order valence-electron chi connectivity index (χ4n) is 3.22. The minimum absolute atomic E-state index is 0.0812. The van der Waals surface area contributed by atoms with Gasteiger partial charge in [-0.2, -0.15) is 12.6 Å². The number of hydrogen-bond acceptors (Lipinski definition) is 9. The van der Waals surface area contributed by atoms with Gasteiger partial charge in [-0.3, -0.25) is 19.8 Å². The Kier molecular flexibility index (Phi) is 18.1. The van der Waals surface area contributed by atoms with Crippen LogP contribution in [0.2, 0.25) is 0 Å². The van der Waals surface area contributed by atoms with Crippen LogP contribution in [0.25, 0.3) is 0 Å². The van der Waals surface area contributed by atoms with Gasteiger partial charge in [-0.1, -0.05) is 0 Å². The first-order chi connectivity index (χ1) is 17.1. The summed E-state index contributed by atoms with van der Waals surface area (Å²) in [7, 11) is 0. The highest BCUT2D eigenvalue weighted by Crippen LogP contribution is 2.07. The molecule has 0 aromatic carbocycles. The van der Waals surface area contributed by atoms with Gasteiger partial charge in [-0.05, 0) is 64.5 Å². The molecule has 0 saturated heterocycles. The first kappa shape index (κ1) is 33.4. The average Bonchev–Trinajstić information content (AvgIpc) is 2.83. The second-order valence-electron chi connectivity index (χ2n) is 8.36. The number of nitrogens with one attached hydrogen (secondary N) is 5. The third-order valence-electron chi connectivity index (χ3n) is 5.29. The summed E-state index contributed by atoms with van der Waals surface area (Å²) in [6.45, 7) is 1.07. The number of carboxylic acid groups (broad SMARTS) is 1. The number of hydrogen-bond donors (Lipinski definition) is 11. The van der Waals surface area contributed by atoms with Crippen LogP contribution in [0.5, 0.6) is 0 Å². The lowest BCUT2D eigenvalue weighted by Crippen LogP contribution is -2.57. The van der Waals surface area contributed by atoms with Gasteiger partial charge in [0.2, 0.25) is 17.7 Å². The van der Waals surface area contributed by atoms with Crippen LogP contribution in [0, 0.1) is 5.41 Å². The molecule has 0 fully saturated rings. The zero-order valence-electron chi connectivity index (χ0n) is 20.6. The Balaban J connectivity index is 5.51. The van der Waals surface area contributed by atoms with Crippen molar-refractivity contribution in [1.82, 2.24) is 21.3 Å². The number of nitrogens with two attached hydrogens (primary N) is 4. The Morgan fingerprint density at radius 2 is 1.22 bits per heavy atom. The van der Waals surface area contributed by atoms with Crippen LogP contribution in [-0.2, 0) is 19.2 Å². The van der Waals surface area contributed by atoms with Crippen molar-refractivity contribution in [2.45, 2.75) is 75.5 Å². The summed E-state index contributed by atoms with van der Waals surface area (Å²) >= 11 is 4.00. The molecule has 0 aromatic heterocycles. The van der Waals surface area contributed by atoms with E-state index >= 15 is 0 Å². The van der Waals surface area contributed by atoms with Gasteiger partial charge in [-0.15, -0.1) is 0 Å². The molecule has 0 aliphatic rings. The van der Waals surface area contributed by atoms with Crippen LogP contribution in [0.15, 0.2) is 0 Å². The lowest BCUT2D eigenvalue weighted by Gasteiger charge is -2.25. The molecule has 15 heteroatoms. The van der Waals surface area contributed by atoms with Gasteiger partial charge in [-0.25, -0.2) is 4.79 Å². The predicted octanol–water partition coefficient (Wildman–Crippen LogP) is -2.70. The van der Waals surface area contributed by atoms with Crippen LogP contribution in [0.3, 0.4) is 0 Å². The Morgan fingerprint density at radius 3 is 1.67 bits per heavy atom. The predicted molar refractivity (Wildman–Crippen MR) is 140 cm³/mol. The number of unbranched alkanes of at least 4 members (excludes halogenated alkanes) is 2. The number of carbonyl (C=O) groups is 4. The summed E-state index contributed by atoms with van der Waals surface area (Å²) in [5, 5.41) is 27.0. The fraction of sp³-hybridized carbons (Fsp3) is 0.762. The Labute approximate surface area is 217 Å². The third-order valence-corrected chi connectivity index (χ3v) is 5.69. The van der Waals surface area contributed by atoms with Crippen LogP contribution in [0.1, 0.15) is 51.4 Å². The van der Waals surface area contributed by atoms with Crippen LogP contribution in [-0.4, -0.2) is 84.3 Å². The topological polar surface area (TPSA) is 265 Å². The van der Waals surface area contributed by atoms with Gasteiger partial charge in [0.15, 0.2) is 5.96 Å². The zero-order chi connectivity index (χ0) is 27.5. The molecule has 0 aliphatic heterocycles. The summed E-state index contributed by atoms with van der Waals surface area (Å²) < 4.78 is 0. The molecule has 36 heavy (non-hydrogen) atoms. The van der Waals surface area contributed by atoms with Crippen molar-refractivity contribution in [2.24, 2.45) is 22.9 Å². The van der Waals surface area contributed by atoms with Crippen molar-refractivity contribution in [3.8, 4) is 0 Å². The molecule has 4 atom stereocenters. The largest absolute Gasteiger partial charge is 0.480 e. The first-order valence-corrected chi connectivity index (χ1v) is 12.7. The standard InChI is InChI=1S/C21H43N9O5S/c22-9-3-1-6-14(28-17(31)13(24)12-36)18(32)29-15(8-5-11-27-21(25)26)19(33)30-16(20(34)35)7-2-4-10-23/h13-16,36H,1-12,22-24H2,(H,28,31)(H,29,32)(H,30,33)(H,34,35)(H4,25,26,27)/t13-,14-,15-,16-/m0/s1. The molecule has 208 valence electrons. The van der Waals surface area contributed by atoms with Crippen LogP contribution >= 0.6 is 12.6 Å². The summed E-state index contributed by atoms with van der Waals surface area (Å²) in [6, 6.07) is -4.12. The maximum Gasteiger partial charge on any atom is 0.326 e. The maximum atomic E-state index is 13.1. The van der Waals surface area contributed by atoms with E-state index in [0.717, 1.165) is 0 Å². The van der Waals surface area contributed by atoms with Gasteiger partial charge < -0.3 is 49.3 Å². The highest BCUT2D eigenvalue weighted by Gasteiger charge is 2.29. The first-order valence-electron chi connectivity index (χ1n) is 12.1. The number of thiol groups is 1. The average molecular weight is 534 g/mol. The molecular formula is C21H43N9O5S. The van der Waals surface area contributed by atoms with Crippen molar-refractivity contribution in [3.05, 3.63) is 0 Å². The number of amides is 3. The monoisotopic (exact) mass is 533 g/mol. The maximum absolute atomic E-state index is 13.1. The van der Waals surface area contributed by atoms with Crippen molar-refractivity contribution in [2.75, 3.05) is 25.4 Å². The molecule has 0 bridgehead atoms. The molecule has 0 saturated carbocycles. The quantitative estimate of drug-likeness (QED) is 0.0333. The number of aliphatic carboxylic acids is 1. The van der Waals surface area contributed by atoms with Crippen LogP contribution in [0.4, 0.5) is 0 Å². The second-order valence-corrected chi connectivity index (χ2v) is 8.73. The molecule has 3 amide bonds. The molecule has 0 aliphatic carbocycles. The van der Waals surface area contributed by atoms with Gasteiger partial charge in [0.05, 0.1) is 6.04 Å². The van der Waals surface area contributed by atoms with Gasteiger partial charge in [0, 0.05) is 12.3 Å².